The highest BCUT2D eigenvalue weighted by atomic mass is 32.2. The van der Waals surface area contributed by atoms with Crippen LogP contribution in [0.5, 0.6) is 0 Å². The van der Waals surface area contributed by atoms with Gasteiger partial charge in [0, 0.05) is 18.4 Å². The van der Waals surface area contributed by atoms with Crippen molar-refractivity contribution >= 4 is 27.9 Å². The summed E-state index contributed by atoms with van der Waals surface area (Å²) in [6.07, 6.45) is 2.59. The predicted molar refractivity (Wildman–Crippen MR) is 125 cm³/mol. The van der Waals surface area contributed by atoms with E-state index in [4.69, 9.17) is 9.47 Å². The average molecular weight is 498 g/mol. The van der Waals surface area contributed by atoms with E-state index in [-0.39, 0.29) is 6.42 Å². The number of carbonyl (C=O) groups is 3. The van der Waals surface area contributed by atoms with Gasteiger partial charge in [-0.3, -0.25) is 14.6 Å². The van der Waals surface area contributed by atoms with E-state index in [9.17, 15) is 22.8 Å². The van der Waals surface area contributed by atoms with Crippen molar-refractivity contribution in [2.45, 2.75) is 84.1 Å². The fourth-order valence-corrected chi connectivity index (χ4v) is 4.74. The Morgan fingerprint density at radius 3 is 2.53 bits per heavy atom. The molecule has 2 atom stereocenters. The minimum absolute atomic E-state index is 0.103. The second kappa shape index (κ2) is 11.7. The number of hydrogen-bond donors (Lipinski definition) is 1. The third-order valence-electron chi connectivity index (χ3n) is 4.92. The molecule has 11 heteroatoms. The zero-order valence-electron chi connectivity index (χ0n) is 20.4. The lowest BCUT2D eigenvalue weighted by atomic mass is 10.1. The van der Waals surface area contributed by atoms with E-state index in [2.05, 4.69) is 9.71 Å². The topological polar surface area (TPSA) is 132 Å². The van der Waals surface area contributed by atoms with Gasteiger partial charge in [0.25, 0.3) is 0 Å². The van der Waals surface area contributed by atoms with Crippen LogP contribution in [-0.2, 0) is 40.3 Å². The Morgan fingerprint density at radius 2 is 1.94 bits per heavy atom. The highest BCUT2D eigenvalue weighted by Gasteiger charge is 2.40. The molecule has 1 fully saturated rings. The van der Waals surface area contributed by atoms with Gasteiger partial charge in [-0.1, -0.05) is 6.07 Å². The zero-order chi connectivity index (χ0) is 25.5. The maximum atomic E-state index is 13.4. The molecule has 0 bridgehead atoms. The first kappa shape index (κ1) is 27.7. The van der Waals surface area contributed by atoms with Gasteiger partial charge in [0.1, 0.15) is 17.7 Å². The third kappa shape index (κ3) is 9.02. The summed E-state index contributed by atoms with van der Waals surface area (Å²) in [5.74, 6) is -2.88. The molecule has 1 aliphatic rings. The molecule has 1 aliphatic heterocycles. The summed E-state index contributed by atoms with van der Waals surface area (Å²) in [7, 11) is -4.18. The normalized spacial score (nSPS) is 17.5. The van der Waals surface area contributed by atoms with Crippen molar-refractivity contribution in [3.63, 3.8) is 0 Å². The van der Waals surface area contributed by atoms with E-state index in [1.165, 1.54) is 4.90 Å². The summed E-state index contributed by atoms with van der Waals surface area (Å²) < 4.78 is 38.1. The molecule has 0 aliphatic carbocycles. The van der Waals surface area contributed by atoms with Crippen LogP contribution in [-0.4, -0.2) is 72.2 Å². The molecule has 190 valence electrons. The number of nitrogens with one attached hydrogen (secondary N) is 1. The molecule has 0 radical (unpaired) electrons. The van der Waals surface area contributed by atoms with Gasteiger partial charge in [0.15, 0.2) is 5.75 Å². The summed E-state index contributed by atoms with van der Waals surface area (Å²) in [6.45, 7) is 8.76. The van der Waals surface area contributed by atoms with Crippen molar-refractivity contribution in [1.29, 1.82) is 0 Å². The molecule has 34 heavy (non-hydrogen) atoms. The Morgan fingerprint density at radius 1 is 1.24 bits per heavy atom. The Kier molecular flexibility index (Phi) is 9.57. The first-order valence-corrected chi connectivity index (χ1v) is 13.1. The maximum Gasteiger partial charge on any atom is 0.329 e. The Labute approximate surface area is 201 Å². The maximum absolute atomic E-state index is 13.4. The van der Waals surface area contributed by atoms with Gasteiger partial charge < -0.3 is 14.4 Å². The fourth-order valence-electron chi connectivity index (χ4n) is 3.63. The lowest BCUT2D eigenvalue weighted by Gasteiger charge is -2.30. The van der Waals surface area contributed by atoms with E-state index in [1.807, 2.05) is 0 Å². The van der Waals surface area contributed by atoms with Crippen LogP contribution in [0.1, 0.15) is 59.6 Å². The van der Waals surface area contributed by atoms with Crippen molar-refractivity contribution in [2.24, 2.45) is 0 Å². The molecule has 2 heterocycles. The fraction of sp³-hybridized carbons (Fsp3) is 0.652. The summed E-state index contributed by atoms with van der Waals surface area (Å²) in [4.78, 5) is 43.6. The molecular formula is C23H35N3O7S. The number of aromatic nitrogens is 1. The molecule has 1 N–H and O–H groups in total. The van der Waals surface area contributed by atoms with Crippen LogP contribution in [0, 0.1) is 0 Å². The molecule has 10 nitrogen and oxygen atoms in total. The average Bonchev–Trinajstić information content (AvgIpc) is 3.19. The first-order valence-electron chi connectivity index (χ1n) is 11.4. The third-order valence-corrected chi connectivity index (χ3v) is 6.18. The van der Waals surface area contributed by atoms with E-state index in [0.717, 1.165) is 0 Å². The van der Waals surface area contributed by atoms with Crippen LogP contribution in [0.2, 0.25) is 0 Å². The molecule has 0 saturated carbocycles. The smallest absolute Gasteiger partial charge is 0.329 e. The van der Waals surface area contributed by atoms with Crippen LogP contribution in [0.3, 0.4) is 0 Å². The molecule has 1 aromatic heterocycles. The van der Waals surface area contributed by atoms with Gasteiger partial charge in [-0.05, 0) is 72.4 Å². The minimum atomic E-state index is -4.18. The highest BCUT2D eigenvalue weighted by molar-refractivity contribution is 7.90. The molecule has 2 rings (SSSR count). The van der Waals surface area contributed by atoms with Gasteiger partial charge >= 0.3 is 11.9 Å². The van der Waals surface area contributed by atoms with Crippen LogP contribution < -0.4 is 4.72 Å². The molecule has 1 saturated heterocycles. The molecular weight excluding hydrogens is 462 g/mol. The van der Waals surface area contributed by atoms with E-state index in [1.54, 1.807) is 59.0 Å². The monoisotopic (exact) mass is 497 g/mol. The number of hydrogen-bond acceptors (Lipinski definition) is 8. The van der Waals surface area contributed by atoms with Crippen molar-refractivity contribution in [3.05, 3.63) is 30.1 Å². The van der Waals surface area contributed by atoms with Crippen LogP contribution in [0.25, 0.3) is 0 Å². The largest absolute Gasteiger partial charge is 0.462 e. The number of nitrogens with zero attached hydrogens (tertiary/aromatic N) is 2. The second-order valence-corrected chi connectivity index (χ2v) is 11.3. The van der Waals surface area contributed by atoms with Gasteiger partial charge in [-0.15, -0.1) is 0 Å². The molecule has 0 spiro atoms. The Hall–Kier alpha value is -2.53. The van der Waals surface area contributed by atoms with E-state index < -0.39 is 57.4 Å². The summed E-state index contributed by atoms with van der Waals surface area (Å²) in [6, 6.07) is 3.35. The molecule has 1 unspecified atom stereocenters. The highest BCUT2D eigenvalue weighted by Crippen LogP contribution is 2.23. The number of aryl methyl sites for hydroxylation is 1. The van der Waals surface area contributed by atoms with Gasteiger partial charge in [0.2, 0.25) is 15.9 Å². The second-order valence-electron chi connectivity index (χ2n) is 9.55. The lowest BCUT2D eigenvalue weighted by molar-refractivity contribution is -0.163. The minimum Gasteiger partial charge on any atom is -0.462 e. The quantitative estimate of drug-likeness (QED) is 0.482. The number of rotatable bonds is 10. The molecule has 0 aromatic carbocycles. The number of carbonyl (C=O) groups excluding carboxylic acids is 3. The first-order chi connectivity index (χ1) is 15.8. The van der Waals surface area contributed by atoms with E-state index >= 15 is 0 Å². The summed E-state index contributed by atoms with van der Waals surface area (Å²) in [5, 5.41) is 0. The number of likely N-dealkylation sites (tertiary alicyclic amines) is 1. The van der Waals surface area contributed by atoms with Crippen molar-refractivity contribution in [3.8, 4) is 0 Å². The van der Waals surface area contributed by atoms with Crippen LogP contribution in [0.15, 0.2) is 24.4 Å². The molecule has 1 aromatic rings. The number of sulfonamides is 1. The number of ether oxygens (including phenoxy) is 2. The van der Waals surface area contributed by atoms with Crippen molar-refractivity contribution < 1.29 is 32.3 Å². The number of esters is 2. The standard InChI is InChI=1S/C23H35N3O7S/c1-16(2)32-20(27)15-34(30,31)25-18(12-11-17-9-6-7-13-24-17)21(28)26-14-8-10-19(26)22(29)33-23(3,4)5/h6-7,9,13,16,18-19,25H,8,10-12,14-15H2,1-5H3/t18?,19-/m0/s1. The Balaban J connectivity index is 2.21. The lowest BCUT2D eigenvalue weighted by Crippen LogP contribution is -2.53. The van der Waals surface area contributed by atoms with Crippen LogP contribution in [0.4, 0.5) is 0 Å². The predicted octanol–water partition coefficient (Wildman–Crippen LogP) is 1.59. The van der Waals surface area contributed by atoms with Gasteiger partial charge in [-0.25, -0.2) is 17.9 Å². The summed E-state index contributed by atoms with van der Waals surface area (Å²) in [5.41, 5.74) is -0.0330. The van der Waals surface area contributed by atoms with Crippen molar-refractivity contribution in [1.82, 2.24) is 14.6 Å². The zero-order valence-corrected chi connectivity index (χ0v) is 21.3. The number of amides is 1. The summed E-state index contributed by atoms with van der Waals surface area (Å²) >= 11 is 0. The van der Waals surface area contributed by atoms with Gasteiger partial charge in [0.05, 0.1) is 6.10 Å². The Bertz CT molecular complexity index is 959. The molecule has 1 amide bonds. The van der Waals surface area contributed by atoms with E-state index in [0.29, 0.717) is 31.5 Å². The van der Waals surface area contributed by atoms with Crippen LogP contribution >= 0.6 is 0 Å². The van der Waals surface area contributed by atoms with Crippen molar-refractivity contribution in [2.75, 3.05) is 12.3 Å². The van der Waals surface area contributed by atoms with Gasteiger partial charge in [-0.2, -0.15) is 0 Å². The SMILES string of the molecule is CC(C)OC(=O)CS(=O)(=O)NC(CCc1ccccn1)C(=O)N1CCC[C@H]1C(=O)OC(C)(C)C. The number of pyridine rings is 1.